The topological polar surface area (TPSA) is 55.2 Å². The first kappa shape index (κ1) is 14.1. The number of nitro groups is 1. The Morgan fingerprint density at radius 1 is 1.42 bits per heavy atom. The van der Waals surface area contributed by atoms with E-state index in [-0.39, 0.29) is 5.69 Å². The van der Waals surface area contributed by atoms with Crippen molar-refractivity contribution in [1.29, 1.82) is 0 Å². The lowest BCUT2D eigenvalue weighted by atomic mass is 9.80. The molecule has 104 valence electrons. The summed E-state index contributed by atoms with van der Waals surface area (Å²) in [6.07, 6.45) is 4.98. The summed E-state index contributed by atoms with van der Waals surface area (Å²) >= 11 is 6.06. The molecule has 1 aromatic rings. The van der Waals surface area contributed by atoms with Crippen LogP contribution < -0.4 is 5.32 Å². The van der Waals surface area contributed by atoms with Gasteiger partial charge in [0, 0.05) is 12.6 Å². The highest BCUT2D eigenvalue weighted by atomic mass is 35.5. The molecule has 1 aromatic carbocycles. The first-order valence-corrected chi connectivity index (χ1v) is 7.14. The monoisotopic (exact) mass is 282 g/mol. The normalized spacial score (nSPS) is 23.1. The molecule has 0 saturated heterocycles. The fourth-order valence-corrected chi connectivity index (χ4v) is 3.01. The summed E-state index contributed by atoms with van der Waals surface area (Å²) in [7, 11) is 0. The Labute approximate surface area is 118 Å². The van der Waals surface area contributed by atoms with Crippen LogP contribution >= 0.6 is 11.6 Å². The van der Waals surface area contributed by atoms with Crippen LogP contribution in [0, 0.1) is 22.0 Å². The second kappa shape index (κ2) is 6.24. The second-order valence-corrected chi connectivity index (χ2v) is 5.70. The first-order chi connectivity index (χ1) is 9.09. The number of para-hydroxylation sites is 1. The van der Waals surface area contributed by atoms with Crippen molar-refractivity contribution in [3.63, 3.8) is 0 Å². The Hall–Kier alpha value is -1.29. The Morgan fingerprint density at radius 3 is 2.84 bits per heavy atom. The molecule has 0 amide bonds. The van der Waals surface area contributed by atoms with Crippen LogP contribution in [-0.4, -0.2) is 11.5 Å². The van der Waals surface area contributed by atoms with E-state index in [0.29, 0.717) is 22.5 Å². The van der Waals surface area contributed by atoms with Crippen LogP contribution in [0.25, 0.3) is 0 Å². The number of rotatable bonds is 4. The third-order valence-corrected chi connectivity index (χ3v) is 4.33. The molecule has 19 heavy (non-hydrogen) atoms. The number of halogens is 1. The summed E-state index contributed by atoms with van der Waals surface area (Å²) in [5, 5.41) is 14.6. The number of nitrogens with one attached hydrogen (secondary N) is 1. The molecule has 0 bridgehead atoms. The number of anilines is 1. The number of benzene rings is 1. The zero-order valence-corrected chi connectivity index (χ0v) is 11.8. The van der Waals surface area contributed by atoms with Crippen LogP contribution in [0.5, 0.6) is 0 Å². The summed E-state index contributed by atoms with van der Waals surface area (Å²) in [5.74, 6) is 1.24. The van der Waals surface area contributed by atoms with Gasteiger partial charge in [-0.15, -0.1) is 0 Å². The molecule has 0 heterocycles. The largest absolute Gasteiger partial charge is 0.378 e. The lowest BCUT2D eigenvalue weighted by Crippen LogP contribution is -2.24. The van der Waals surface area contributed by atoms with Crippen LogP contribution in [0.1, 0.15) is 32.6 Å². The molecule has 0 aromatic heterocycles. The van der Waals surface area contributed by atoms with Crippen molar-refractivity contribution in [3.05, 3.63) is 33.3 Å². The minimum Gasteiger partial charge on any atom is -0.378 e. The average Bonchev–Trinajstić information content (AvgIpc) is 2.38. The maximum Gasteiger partial charge on any atom is 0.293 e. The van der Waals surface area contributed by atoms with Crippen molar-refractivity contribution >= 4 is 23.0 Å². The van der Waals surface area contributed by atoms with Gasteiger partial charge in [-0.1, -0.05) is 43.9 Å². The summed E-state index contributed by atoms with van der Waals surface area (Å²) in [4.78, 5) is 10.6. The maximum absolute atomic E-state index is 11.0. The van der Waals surface area contributed by atoms with Gasteiger partial charge in [0.05, 0.1) is 9.95 Å². The zero-order chi connectivity index (χ0) is 13.8. The molecule has 5 heteroatoms. The van der Waals surface area contributed by atoms with E-state index in [0.717, 1.165) is 6.54 Å². The summed E-state index contributed by atoms with van der Waals surface area (Å²) in [6, 6.07) is 4.77. The van der Waals surface area contributed by atoms with Crippen molar-refractivity contribution in [1.82, 2.24) is 0 Å². The van der Waals surface area contributed by atoms with E-state index in [1.165, 1.54) is 31.7 Å². The minimum absolute atomic E-state index is 0.0518. The van der Waals surface area contributed by atoms with Gasteiger partial charge in [-0.25, -0.2) is 0 Å². The molecule has 0 radical (unpaired) electrons. The Morgan fingerprint density at radius 2 is 2.16 bits per heavy atom. The molecule has 1 aliphatic carbocycles. The van der Waals surface area contributed by atoms with Gasteiger partial charge in [0.1, 0.15) is 5.69 Å². The van der Waals surface area contributed by atoms with E-state index in [9.17, 15) is 10.1 Å². The van der Waals surface area contributed by atoms with E-state index >= 15 is 0 Å². The van der Waals surface area contributed by atoms with Crippen molar-refractivity contribution in [2.24, 2.45) is 11.8 Å². The first-order valence-electron chi connectivity index (χ1n) is 6.76. The van der Waals surface area contributed by atoms with Crippen molar-refractivity contribution in [2.75, 3.05) is 11.9 Å². The highest BCUT2D eigenvalue weighted by Crippen LogP contribution is 2.34. The third kappa shape index (κ3) is 3.38. The molecule has 0 aliphatic heterocycles. The van der Waals surface area contributed by atoms with Gasteiger partial charge in [-0.3, -0.25) is 10.1 Å². The summed E-state index contributed by atoms with van der Waals surface area (Å²) in [5.41, 5.74) is 0.503. The van der Waals surface area contributed by atoms with E-state index < -0.39 is 4.92 Å². The Bertz CT molecular complexity index is 465. The SMILES string of the molecule is CC1CCCCC1CNc1c(Cl)cccc1[N+](=O)[O-]. The number of nitrogens with zero attached hydrogens (tertiary/aromatic N) is 1. The van der Waals surface area contributed by atoms with Crippen molar-refractivity contribution < 1.29 is 4.92 Å². The van der Waals surface area contributed by atoms with Gasteiger partial charge in [-0.2, -0.15) is 0 Å². The number of nitro benzene ring substituents is 1. The van der Waals surface area contributed by atoms with Crippen LogP contribution in [0.15, 0.2) is 18.2 Å². The van der Waals surface area contributed by atoms with Crippen molar-refractivity contribution in [3.8, 4) is 0 Å². The molecule has 2 rings (SSSR count). The van der Waals surface area contributed by atoms with Crippen molar-refractivity contribution in [2.45, 2.75) is 32.6 Å². The van der Waals surface area contributed by atoms with Crippen LogP contribution in [0.4, 0.5) is 11.4 Å². The van der Waals surface area contributed by atoms with E-state index in [2.05, 4.69) is 12.2 Å². The standard InChI is InChI=1S/C14H19ClN2O2/c1-10-5-2-3-6-11(10)9-16-14-12(15)7-4-8-13(14)17(18)19/h4,7-8,10-11,16H,2-3,5-6,9H2,1H3. The Kier molecular flexibility index (Phi) is 4.64. The highest BCUT2D eigenvalue weighted by molar-refractivity contribution is 6.33. The van der Waals surface area contributed by atoms with Gasteiger partial charge in [0.15, 0.2) is 0 Å². The molecule has 4 nitrogen and oxygen atoms in total. The molecule has 2 atom stereocenters. The predicted octanol–water partition coefficient (Wildman–Crippen LogP) is 4.49. The maximum atomic E-state index is 11.0. The molecule has 1 N–H and O–H groups in total. The van der Waals surface area contributed by atoms with Gasteiger partial charge in [0.25, 0.3) is 5.69 Å². The molecule has 2 unspecified atom stereocenters. The van der Waals surface area contributed by atoms with Gasteiger partial charge >= 0.3 is 0 Å². The summed E-state index contributed by atoms with van der Waals surface area (Å²) in [6.45, 7) is 3.01. The predicted molar refractivity (Wildman–Crippen MR) is 77.7 cm³/mol. The summed E-state index contributed by atoms with van der Waals surface area (Å²) < 4.78 is 0. The van der Waals surface area contributed by atoms with Gasteiger partial charge in [0.2, 0.25) is 0 Å². The van der Waals surface area contributed by atoms with E-state index in [1.54, 1.807) is 12.1 Å². The lowest BCUT2D eigenvalue weighted by Gasteiger charge is -2.29. The highest BCUT2D eigenvalue weighted by Gasteiger charge is 2.23. The molecular formula is C14H19ClN2O2. The minimum atomic E-state index is -0.390. The quantitative estimate of drug-likeness (QED) is 0.654. The smallest absolute Gasteiger partial charge is 0.293 e. The fraction of sp³-hybridized carbons (Fsp3) is 0.571. The Balaban J connectivity index is 2.08. The lowest BCUT2D eigenvalue weighted by molar-refractivity contribution is -0.383. The molecule has 1 aliphatic rings. The van der Waals surface area contributed by atoms with Crippen LogP contribution in [-0.2, 0) is 0 Å². The molecule has 0 spiro atoms. The number of hydrogen-bond acceptors (Lipinski definition) is 3. The average molecular weight is 283 g/mol. The zero-order valence-electron chi connectivity index (χ0n) is 11.1. The fourth-order valence-electron chi connectivity index (χ4n) is 2.77. The van der Waals surface area contributed by atoms with E-state index in [1.807, 2.05) is 0 Å². The molecular weight excluding hydrogens is 264 g/mol. The second-order valence-electron chi connectivity index (χ2n) is 5.29. The number of hydrogen-bond donors (Lipinski definition) is 1. The van der Waals surface area contributed by atoms with Crippen LogP contribution in [0.2, 0.25) is 5.02 Å². The third-order valence-electron chi connectivity index (χ3n) is 4.02. The van der Waals surface area contributed by atoms with Crippen LogP contribution in [0.3, 0.4) is 0 Å². The molecule has 1 saturated carbocycles. The molecule has 1 fully saturated rings. The van der Waals surface area contributed by atoms with Gasteiger partial charge < -0.3 is 5.32 Å². The van der Waals surface area contributed by atoms with Gasteiger partial charge in [-0.05, 0) is 24.3 Å². The van der Waals surface area contributed by atoms with E-state index in [4.69, 9.17) is 11.6 Å².